The highest BCUT2D eigenvalue weighted by Crippen LogP contribution is 2.22. The van der Waals surface area contributed by atoms with E-state index in [9.17, 15) is 8.42 Å². The quantitative estimate of drug-likeness (QED) is 0.909. The molecule has 1 heterocycles. The molecule has 23 heavy (non-hydrogen) atoms. The van der Waals surface area contributed by atoms with E-state index < -0.39 is 10.0 Å². The van der Waals surface area contributed by atoms with Crippen LogP contribution < -0.4 is 9.62 Å². The van der Waals surface area contributed by atoms with Crippen LogP contribution in [0.2, 0.25) is 0 Å². The smallest absolute Gasteiger partial charge is 0.237 e. The van der Waals surface area contributed by atoms with Crippen LogP contribution in [0.25, 0.3) is 0 Å². The van der Waals surface area contributed by atoms with E-state index in [1.165, 1.54) is 0 Å². The van der Waals surface area contributed by atoms with Crippen LogP contribution in [0.5, 0.6) is 0 Å². The van der Waals surface area contributed by atoms with Gasteiger partial charge in [-0.05, 0) is 26.3 Å². The Labute approximate surface area is 137 Å². The van der Waals surface area contributed by atoms with Gasteiger partial charge >= 0.3 is 0 Å². The number of anilines is 2. The fourth-order valence-electron chi connectivity index (χ4n) is 2.14. The average molecular weight is 334 g/mol. The highest BCUT2D eigenvalue weighted by molar-refractivity contribution is 7.91. The van der Waals surface area contributed by atoms with E-state index in [1.807, 2.05) is 45.3 Å². The van der Waals surface area contributed by atoms with Crippen LogP contribution in [0.4, 0.5) is 11.6 Å². The second-order valence-corrected chi connectivity index (χ2v) is 7.53. The van der Waals surface area contributed by atoms with Gasteiger partial charge in [0.2, 0.25) is 16.0 Å². The Hall–Kier alpha value is -2.15. The van der Waals surface area contributed by atoms with Crippen molar-refractivity contribution in [3.05, 3.63) is 46.8 Å². The maximum absolute atomic E-state index is 12.4. The Bertz CT molecular complexity index is 776. The van der Waals surface area contributed by atoms with E-state index in [0.717, 1.165) is 11.1 Å². The molecule has 0 amide bonds. The molecule has 2 rings (SSSR count). The van der Waals surface area contributed by atoms with Crippen molar-refractivity contribution in [2.45, 2.75) is 26.5 Å². The van der Waals surface area contributed by atoms with E-state index >= 15 is 0 Å². The Morgan fingerprint density at radius 1 is 1.00 bits per heavy atom. The highest BCUT2D eigenvalue weighted by atomic mass is 32.2. The first-order valence-electron chi connectivity index (χ1n) is 7.26. The summed E-state index contributed by atoms with van der Waals surface area (Å²) in [5.41, 5.74) is 3.49. The normalized spacial score (nSPS) is 11.3. The lowest BCUT2D eigenvalue weighted by Crippen LogP contribution is -2.19. The van der Waals surface area contributed by atoms with Gasteiger partial charge in [0, 0.05) is 14.1 Å². The summed E-state index contributed by atoms with van der Waals surface area (Å²) in [6.07, 6.45) is 0. The summed E-state index contributed by atoms with van der Waals surface area (Å²) < 4.78 is 27.4. The number of hydrogen-bond donors (Lipinski definition) is 1. The van der Waals surface area contributed by atoms with Crippen LogP contribution in [-0.4, -0.2) is 32.5 Å². The fourth-order valence-corrected chi connectivity index (χ4v) is 3.45. The van der Waals surface area contributed by atoms with E-state index in [0.29, 0.717) is 23.0 Å². The number of hydrogen-bond acceptors (Lipinski definition) is 5. The van der Waals surface area contributed by atoms with Gasteiger partial charge in [0.25, 0.3) is 0 Å². The average Bonchev–Trinajstić information content (AvgIpc) is 2.45. The van der Waals surface area contributed by atoms with E-state index in [2.05, 4.69) is 14.7 Å². The first kappa shape index (κ1) is 17.2. The number of nitrogens with one attached hydrogen (secondary N) is 1. The van der Waals surface area contributed by atoms with Gasteiger partial charge in [-0.15, -0.1) is 0 Å². The van der Waals surface area contributed by atoms with Gasteiger partial charge in [-0.25, -0.2) is 18.4 Å². The van der Waals surface area contributed by atoms with Crippen molar-refractivity contribution in [2.24, 2.45) is 0 Å². The number of rotatable bonds is 5. The molecule has 0 aliphatic rings. The lowest BCUT2D eigenvalue weighted by molar-refractivity contribution is 0.600. The molecule has 1 aromatic carbocycles. The number of benzene rings is 1. The summed E-state index contributed by atoms with van der Waals surface area (Å²) in [7, 11) is 0.163. The third kappa shape index (κ3) is 4.41. The molecule has 0 saturated heterocycles. The highest BCUT2D eigenvalue weighted by Gasteiger charge is 2.17. The molecule has 0 unspecified atom stereocenters. The van der Waals surface area contributed by atoms with Crippen LogP contribution in [-0.2, 0) is 15.8 Å². The summed E-state index contributed by atoms with van der Waals surface area (Å²) in [4.78, 5) is 10.4. The third-order valence-corrected chi connectivity index (χ3v) is 4.62. The summed E-state index contributed by atoms with van der Waals surface area (Å²) in [6.45, 7) is 5.50. The predicted molar refractivity (Wildman–Crippen MR) is 93.3 cm³/mol. The van der Waals surface area contributed by atoms with Crippen molar-refractivity contribution >= 4 is 21.7 Å². The molecule has 2 aromatic rings. The topological polar surface area (TPSA) is 75.2 Å². The SMILES string of the molecule is Cc1ccc(CS(=O)(=O)Nc2c(C)nc(N(C)C)nc2C)cc1. The maximum Gasteiger partial charge on any atom is 0.237 e. The predicted octanol–water partition coefficient (Wildman–Crippen LogP) is 2.41. The molecule has 0 fully saturated rings. The molecule has 0 aliphatic carbocycles. The molecule has 0 radical (unpaired) electrons. The van der Waals surface area contributed by atoms with Gasteiger partial charge in [-0.1, -0.05) is 29.8 Å². The van der Waals surface area contributed by atoms with Crippen LogP contribution in [0.15, 0.2) is 24.3 Å². The molecule has 0 atom stereocenters. The van der Waals surface area contributed by atoms with E-state index in [1.54, 1.807) is 18.7 Å². The zero-order chi connectivity index (χ0) is 17.2. The number of aromatic nitrogens is 2. The molecule has 0 bridgehead atoms. The third-order valence-electron chi connectivity index (χ3n) is 3.39. The van der Waals surface area contributed by atoms with Crippen LogP contribution >= 0.6 is 0 Å². The second kappa shape index (κ2) is 6.54. The van der Waals surface area contributed by atoms with Gasteiger partial charge in [0.05, 0.1) is 22.8 Å². The Morgan fingerprint density at radius 2 is 1.52 bits per heavy atom. The molecule has 124 valence electrons. The molecular formula is C16H22N4O2S. The first-order chi connectivity index (χ1) is 10.7. The molecule has 1 aromatic heterocycles. The molecule has 0 spiro atoms. The molecule has 0 saturated carbocycles. The second-order valence-electron chi connectivity index (χ2n) is 5.81. The minimum Gasteiger partial charge on any atom is -0.347 e. The molecule has 0 aliphatic heterocycles. The molecule has 6 nitrogen and oxygen atoms in total. The lowest BCUT2D eigenvalue weighted by Gasteiger charge is -2.16. The minimum atomic E-state index is -3.52. The van der Waals surface area contributed by atoms with Crippen LogP contribution in [0.3, 0.4) is 0 Å². The molecular weight excluding hydrogens is 312 g/mol. The summed E-state index contributed by atoms with van der Waals surface area (Å²) in [6, 6.07) is 7.44. The van der Waals surface area contributed by atoms with Crippen LogP contribution in [0, 0.1) is 20.8 Å². The fraction of sp³-hybridized carbons (Fsp3) is 0.375. The van der Waals surface area contributed by atoms with E-state index in [4.69, 9.17) is 0 Å². The zero-order valence-corrected chi connectivity index (χ0v) is 14.9. The largest absolute Gasteiger partial charge is 0.347 e. The Morgan fingerprint density at radius 3 is 2.00 bits per heavy atom. The van der Waals surface area contributed by atoms with Crippen LogP contribution in [0.1, 0.15) is 22.5 Å². The Kier molecular flexibility index (Phi) is 4.89. The van der Waals surface area contributed by atoms with Gasteiger partial charge in [0.15, 0.2) is 0 Å². The van der Waals surface area contributed by atoms with Crippen molar-refractivity contribution < 1.29 is 8.42 Å². The molecule has 7 heteroatoms. The van der Waals surface area contributed by atoms with Crippen molar-refractivity contribution in [3.8, 4) is 0 Å². The summed E-state index contributed by atoms with van der Waals surface area (Å²) in [5, 5.41) is 0. The zero-order valence-electron chi connectivity index (χ0n) is 14.1. The number of sulfonamides is 1. The lowest BCUT2D eigenvalue weighted by atomic mass is 10.2. The van der Waals surface area contributed by atoms with Gasteiger partial charge in [-0.3, -0.25) is 4.72 Å². The van der Waals surface area contributed by atoms with Crippen molar-refractivity contribution in [1.29, 1.82) is 0 Å². The Balaban J connectivity index is 2.25. The van der Waals surface area contributed by atoms with Crippen molar-refractivity contribution in [2.75, 3.05) is 23.7 Å². The number of nitrogens with zero attached hydrogens (tertiary/aromatic N) is 3. The monoisotopic (exact) mass is 334 g/mol. The summed E-state index contributed by atoms with van der Waals surface area (Å²) in [5.74, 6) is 0.475. The van der Waals surface area contributed by atoms with Crippen molar-refractivity contribution in [1.82, 2.24) is 9.97 Å². The van der Waals surface area contributed by atoms with Gasteiger partial charge in [0.1, 0.15) is 0 Å². The molecule has 1 N–H and O–H groups in total. The maximum atomic E-state index is 12.4. The summed E-state index contributed by atoms with van der Waals surface area (Å²) >= 11 is 0. The number of aryl methyl sites for hydroxylation is 3. The standard InChI is InChI=1S/C16H22N4O2S/c1-11-6-8-14(9-7-11)10-23(21,22)19-15-12(2)17-16(20(4)5)18-13(15)3/h6-9,19H,10H2,1-5H3. The van der Waals surface area contributed by atoms with Gasteiger partial charge in [-0.2, -0.15) is 0 Å². The first-order valence-corrected chi connectivity index (χ1v) is 8.92. The minimum absolute atomic E-state index is 0.0818. The van der Waals surface area contributed by atoms with Crippen molar-refractivity contribution in [3.63, 3.8) is 0 Å². The van der Waals surface area contributed by atoms with Gasteiger partial charge < -0.3 is 4.90 Å². The van der Waals surface area contributed by atoms with E-state index in [-0.39, 0.29) is 5.75 Å².